The van der Waals surface area contributed by atoms with E-state index in [0.29, 0.717) is 0 Å². The van der Waals surface area contributed by atoms with E-state index in [4.69, 9.17) is 4.74 Å². The van der Waals surface area contributed by atoms with Crippen molar-refractivity contribution >= 4 is 0 Å². The lowest BCUT2D eigenvalue weighted by Gasteiger charge is -2.40. The Hall–Kier alpha value is -1.43. The summed E-state index contributed by atoms with van der Waals surface area (Å²) in [5.74, 6) is -0.811. The topological polar surface area (TPSA) is 21.7 Å². The Bertz CT molecular complexity index is 495. The molecular weight excluding hydrogens is 295 g/mol. The first-order chi connectivity index (χ1) is 10.3. The molecule has 0 radical (unpaired) electrons. The molecule has 1 aliphatic heterocycles. The van der Waals surface area contributed by atoms with Crippen LogP contribution in [-0.2, 0) is 0 Å². The van der Waals surface area contributed by atoms with E-state index < -0.39 is 12.4 Å². The molecule has 1 aromatic rings. The number of rotatable bonds is 4. The smallest absolute Gasteiger partial charge is 0.387 e. The normalized spacial score (nSPS) is 17.8. The first-order valence-corrected chi connectivity index (χ1v) is 7.42. The maximum atomic E-state index is 13.9. The van der Waals surface area contributed by atoms with Crippen molar-refractivity contribution in [3.63, 3.8) is 0 Å². The summed E-state index contributed by atoms with van der Waals surface area (Å²) in [6.45, 7) is 5.30. The zero-order chi connectivity index (χ0) is 16.3. The second-order valence-electron chi connectivity index (χ2n) is 6.45. The number of nitrogens with zero attached hydrogens (tertiary/aromatic N) is 1. The van der Waals surface area contributed by atoms with Crippen molar-refractivity contribution in [2.24, 2.45) is 0 Å². The highest BCUT2D eigenvalue weighted by molar-refractivity contribution is 5.33. The lowest BCUT2D eigenvalue weighted by atomic mass is 9.99. The van der Waals surface area contributed by atoms with Crippen LogP contribution in [0.15, 0.2) is 18.2 Å². The molecule has 0 bridgehead atoms. The largest absolute Gasteiger partial charge is 0.487 e. The quantitative estimate of drug-likeness (QED) is 0.835. The molecule has 0 atom stereocenters. The zero-order valence-electron chi connectivity index (χ0n) is 13.1. The number of hydrogen-bond acceptors (Lipinski definition) is 3. The van der Waals surface area contributed by atoms with Gasteiger partial charge in [0.2, 0.25) is 0 Å². The predicted molar refractivity (Wildman–Crippen MR) is 78.0 cm³/mol. The maximum absolute atomic E-state index is 13.9. The Morgan fingerprint density at radius 3 is 2.32 bits per heavy atom. The highest BCUT2D eigenvalue weighted by Crippen LogP contribution is 2.28. The summed E-state index contributed by atoms with van der Waals surface area (Å²) in [7, 11) is 0. The fraction of sp³-hybridized carbons (Fsp3) is 0.625. The summed E-state index contributed by atoms with van der Waals surface area (Å²) in [4.78, 5) is 2.36. The molecule has 124 valence electrons. The Morgan fingerprint density at radius 2 is 1.82 bits per heavy atom. The Labute approximate surface area is 129 Å². The van der Waals surface area contributed by atoms with E-state index in [2.05, 4.69) is 30.4 Å². The van der Waals surface area contributed by atoms with Crippen LogP contribution in [0.3, 0.4) is 0 Å². The highest BCUT2D eigenvalue weighted by atomic mass is 19.3. The van der Waals surface area contributed by atoms with Gasteiger partial charge < -0.3 is 9.47 Å². The van der Waals surface area contributed by atoms with Gasteiger partial charge >= 0.3 is 6.61 Å². The van der Waals surface area contributed by atoms with Gasteiger partial charge in [0.1, 0.15) is 11.9 Å². The van der Waals surface area contributed by atoms with E-state index in [1.165, 1.54) is 12.1 Å². The third-order valence-corrected chi connectivity index (χ3v) is 3.81. The molecule has 0 aromatic heterocycles. The predicted octanol–water partition coefficient (Wildman–Crippen LogP) is 4.07. The monoisotopic (exact) mass is 317 g/mol. The molecule has 6 heteroatoms. The van der Waals surface area contributed by atoms with E-state index in [1.54, 1.807) is 0 Å². The van der Waals surface area contributed by atoms with Gasteiger partial charge in [-0.25, -0.2) is 4.39 Å². The van der Waals surface area contributed by atoms with E-state index in [1.807, 2.05) is 0 Å². The molecule has 1 saturated heterocycles. The minimum atomic E-state index is -2.96. The van der Waals surface area contributed by atoms with Crippen molar-refractivity contribution < 1.29 is 22.6 Å². The Kier molecular flexibility index (Phi) is 5.21. The Morgan fingerprint density at radius 1 is 1.18 bits per heavy atom. The number of ether oxygens (including phenoxy) is 2. The molecule has 0 N–H and O–H groups in total. The van der Waals surface area contributed by atoms with Crippen molar-refractivity contribution in [1.82, 2.24) is 4.90 Å². The molecule has 0 spiro atoms. The fourth-order valence-corrected chi connectivity index (χ4v) is 2.58. The van der Waals surface area contributed by atoms with Gasteiger partial charge in [-0.1, -0.05) is 0 Å². The van der Waals surface area contributed by atoms with Crippen LogP contribution in [0.1, 0.15) is 33.6 Å². The molecule has 0 amide bonds. The SMILES string of the molecule is CC(C)(C)N1CCC(Oc2ccc(OC(F)F)cc2F)CC1. The number of alkyl halides is 2. The summed E-state index contributed by atoms with van der Waals surface area (Å²) in [6, 6.07) is 3.55. The molecule has 1 aliphatic rings. The first-order valence-electron chi connectivity index (χ1n) is 7.42. The van der Waals surface area contributed by atoms with E-state index in [0.717, 1.165) is 32.0 Å². The van der Waals surface area contributed by atoms with Gasteiger partial charge in [0.25, 0.3) is 0 Å². The number of piperidine rings is 1. The molecule has 3 nitrogen and oxygen atoms in total. The van der Waals surface area contributed by atoms with Crippen molar-refractivity contribution in [1.29, 1.82) is 0 Å². The minimum Gasteiger partial charge on any atom is -0.487 e. The number of hydrogen-bond donors (Lipinski definition) is 0. The van der Waals surface area contributed by atoms with Crippen molar-refractivity contribution in [2.45, 2.75) is 51.9 Å². The minimum absolute atomic E-state index is 0.0602. The van der Waals surface area contributed by atoms with Gasteiger partial charge in [0, 0.05) is 24.7 Å². The maximum Gasteiger partial charge on any atom is 0.387 e. The lowest BCUT2D eigenvalue weighted by Crippen LogP contribution is -2.48. The standard InChI is InChI=1S/C16H22F3NO2/c1-16(2,3)20-8-6-11(7-9-20)21-14-5-4-12(10-13(14)17)22-15(18)19/h4-5,10-11,15H,6-9H2,1-3H3. The van der Waals surface area contributed by atoms with Gasteiger partial charge in [0.05, 0.1) is 0 Å². The van der Waals surface area contributed by atoms with Crippen LogP contribution in [0, 0.1) is 5.82 Å². The highest BCUT2D eigenvalue weighted by Gasteiger charge is 2.28. The second kappa shape index (κ2) is 6.77. The van der Waals surface area contributed by atoms with Gasteiger partial charge in [-0.15, -0.1) is 0 Å². The van der Waals surface area contributed by atoms with Gasteiger partial charge in [0.15, 0.2) is 11.6 Å². The van der Waals surface area contributed by atoms with E-state index in [9.17, 15) is 13.2 Å². The number of benzene rings is 1. The van der Waals surface area contributed by atoms with Crippen molar-refractivity contribution in [2.75, 3.05) is 13.1 Å². The summed E-state index contributed by atoms with van der Waals surface area (Å²) < 4.78 is 47.8. The lowest BCUT2D eigenvalue weighted by molar-refractivity contribution is -0.0500. The summed E-state index contributed by atoms with van der Waals surface area (Å²) in [5.41, 5.74) is 0.116. The van der Waals surface area contributed by atoms with Crippen molar-refractivity contribution in [3.05, 3.63) is 24.0 Å². The van der Waals surface area contributed by atoms with Crippen LogP contribution < -0.4 is 9.47 Å². The molecule has 1 heterocycles. The van der Waals surface area contributed by atoms with Gasteiger partial charge in [-0.3, -0.25) is 4.90 Å². The van der Waals surface area contributed by atoms with Crippen molar-refractivity contribution in [3.8, 4) is 11.5 Å². The first kappa shape index (κ1) is 16.9. The summed E-state index contributed by atoms with van der Waals surface area (Å²) >= 11 is 0. The third kappa shape index (κ3) is 4.53. The number of halogens is 3. The zero-order valence-corrected chi connectivity index (χ0v) is 13.1. The van der Waals surface area contributed by atoms with Gasteiger partial charge in [-0.2, -0.15) is 8.78 Å². The molecule has 0 unspecified atom stereocenters. The molecular formula is C16H22F3NO2. The molecule has 0 aliphatic carbocycles. The summed E-state index contributed by atoms with van der Waals surface area (Å²) in [5, 5.41) is 0. The van der Waals surface area contributed by atoms with Crippen LogP contribution >= 0.6 is 0 Å². The second-order valence-corrected chi connectivity index (χ2v) is 6.45. The molecule has 1 aromatic carbocycles. The molecule has 2 rings (SSSR count). The molecule has 0 saturated carbocycles. The third-order valence-electron chi connectivity index (χ3n) is 3.81. The average Bonchev–Trinajstić information content (AvgIpc) is 2.41. The van der Waals surface area contributed by atoms with Crippen LogP contribution in [0.4, 0.5) is 13.2 Å². The average molecular weight is 317 g/mol. The van der Waals surface area contributed by atoms with Gasteiger partial charge in [-0.05, 0) is 45.7 Å². The van der Waals surface area contributed by atoms with Crippen LogP contribution in [0.5, 0.6) is 11.5 Å². The van der Waals surface area contributed by atoms with Crippen LogP contribution in [0.25, 0.3) is 0 Å². The fourth-order valence-electron chi connectivity index (χ4n) is 2.58. The van der Waals surface area contributed by atoms with E-state index >= 15 is 0 Å². The number of likely N-dealkylation sites (tertiary alicyclic amines) is 1. The molecule has 22 heavy (non-hydrogen) atoms. The van der Waals surface area contributed by atoms with E-state index in [-0.39, 0.29) is 23.1 Å². The molecule has 1 fully saturated rings. The summed E-state index contributed by atoms with van der Waals surface area (Å²) in [6.07, 6.45) is 1.56. The van der Waals surface area contributed by atoms with Crippen LogP contribution in [-0.4, -0.2) is 36.2 Å². The van der Waals surface area contributed by atoms with Crippen LogP contribution in [0.2, 0.25) is 0 Å². The Balaban J connectivity index is 1.92.